The van der Waals surface area contributed by atoms with Gasteiger partial charge in [0.2, 0.25) is 0 Å². The molecule has 7 aromatic rings. The molecule has 1 radical (unpaired) electrons. The predicted octanol–water partition coefficient (Wildman–Crippen LogP) is 5.68. The van der Waals surface area contributed by atoms with Crippen LogP contribution in [0.2, 0.25) is 0 Å². The van der Waals surface area contributed by atoms with Crippen molar-refractivity contribution in [3.05, 3.63) is 97.1 Å². The van der Waals surface area contributed by atoms with Gasteiger partial charge in [-0.1, -0.05) is 97.1 Å². The summed E-state index contributed by atoms with van der Waals surface area (Å²) in [6, 6.07) is 32.2. The van der Waals surface area contributed by atoms with Gasteiger partial charge in [-0.05, 0) is 0 Å². The maximum Gasteiger partial charge on any atom is 0.187 e. The molecule has 0 spiro atoms. The molecule has 42 heavy (non-hydrogen) atoms. The van der Waals surface area contributed by atoms with Crippen LogP contribution in [-0.2, 0) is 17.1 Å². The number of fused-ring (bicyclic) bond motifs is 20. The Bertz CT molecular complexity index is 2040. The van der Waals surface area contributed by atoms with Crippen LogP contribution < -0.4 is 0 Å². The Morgan fingerprint density at radius 1 is 0.333 bits per heavy atom. The molecular formula is C32H21AlCuN8. The first kappa shape index (κ1) is 26.2. The van der Waals surface area contributed by atoms with Gasteiger partial charge in [0.15, 0.2) is 40.7 Å². The molecule has 2 aliphatic heterocycles. The molecule has 3 aromatic heterocycles. The Morgan fingerprint density at radius 3 is 0.833 bits per heavy atom. The summed E-state index contributed by atoms with van der Waals surface area (Å²) in [5, 5.41) is 3.82. The van der Waals surface area contributed by atoms with Crippen molar-refractivity contribution in [3.63, 3.8) is 0 Å². The zero-order valence-corrected chi connectivity index (χ0v) is 22.2. The van der Waals surface area contributed by atoms with Crippen LogP contribution in [0.15, 0.2) is 97.1 Å². The number of hydrogen-bond donors (Lipinski definition) is 2. The number of aromatic amines is 2. The third-order valence-electron chi connectivity index (χ3n) is 7.46. The van der Waals surface area contributed by atoms with E-state index in [1.54, 1.807) is 0 Å². The van der Waals surface area contributed by atoms with Gasteiger partial charge in [-0.2, -0.15) is 0 Å². The molecule has 8 bridgehead atoms. The first-order valence-electron chi connectivity index (χ1n) is 13.0. The van der Waals surface area contributed by atoms with Gasteiger partial charge in [-0.3, -0.25) is 0 Å². The number of H-pyrrole nitrogens is 2. The Morgan fingerprint density at radius 2 is 0.571 bits per heavy atom. The van der Waals surface area contributed by atoms with E-state index >= 15 is 0 Å². The fourth-order valence-electron chi connectivity index (χ4n) is 5.59. The number of benzene rings is 4. The van der Waals surface area contributed by atoms with E-state index < -0.39 is 0 Å². The van der Waals surface area contributed by atoms with Gasteiger partial charge >= 0.3 is 0 Å². The SMILES string of the molecule is [AlH3].[Cu].c1ccc2c(c1)-c1nc-2nc2[nH]c(nc3nc(nc4[nH]c(n1)c1ccccc41)-c1ccccc1-3)c1ccccc21. The fourth-order valence-corrected chi connectivity index (χ4v) is 5.59. The molecule has 5 heterocycles. The largest absolute Gasteiger partial charge is 0.324 e. The number of aromatic nitrogens is 8. The Hall–Kier alpha value is -4.71. The molecule has 9 rings (SSSR count). The van der Waals surface area contributed by atoms with Crippen molar-refractivity contribution in [2.45, 2.75) is 0 Å². The van der Waals surface area contributed by atoms with E-state index in [2.05, 4.69) is 9.97 Å². The van der Waals surface area contributed by atoms with Crippen molar-refractivity contribution in [1.82, 2.24) is 39.9 Å². The van der Waals surface area contributed by atoms with Gasteiger partial charge < -0.3 is 9.97 Å². The third-order valence-corrected chi connectivity index (χ3v) is 7.46. The molecular weight excluding hydrogens is 587 g/mol. The van der Waals surface area contributed by atoms with Crippen molar-refractivity contribution >= 4 is 61.5 Å². The van der Waals surface area contributed by atoms with E-state index in [-0.39, 0.29) is 34.4 Å². The van der Waals surface area contributed by atoms with Gasteiger partial charge in [-0.25, -0.2) is 29.9 Å². The topological polar surface area (TPSA) is 109 Å². The van der Waals surface area contributed by atoms with Gasteiger partial charge in [0.1, 0.15) is 22.6 Å². The Labute approximate surface area is 260 Å². The maximum atomic E-state index is 5.02. The second kappa shape index (κ2) is 9.98. The first-order chi connectivity index (χ1) is 19.8. The van der Waals surface area contributed by atoms with E-state index in [0.29, 0.717) is 45.9 Å². The van der Waals surface area contributed by atoms with E-state index in [4.69, 9.17) is 29.9 Å². The summed E-state index contributed by atoms with van der Waals surface area (Å²) in [6.45, 7) is 0. The summed E-state index contributed by atoms with van der Waals surface area (Å²) in [5.74, 6) is 2.39. The average molecular weight is 608 g/mol. The van der Waals surface area contributed by atoms with Crippen molar-refractivity contribution in [2.75, 3.05) is 0 Å². The third kappa shape index (κ3) is 3.89. The van der Waals surface area contributed by atoms with Crippen LogP contribution in [0.25, 0.3) is 89.7 Å². The van der Waals surface area contributed by atoms with E-state index in [1.807, 2.05) is 97.1 Å². The molecule has 10 heteroatoms. The Kier molecular flexibility index (Phi) is 6.23. The van der Waals surface area contributed by atoms with Gasteiger partial charge in [0.25, 0.3) is 0 Å². The quantitative estimate of drug-likeness (QED) is 0.215. The molecule has 0 saturated carbocycles. The normalized spacial score (nSPS) is 11.4. The Balaban J connectivity index is 0.00000144. The second-order valence-corrected chi connectivity index (χ2v) is 9.79. The number of nitrogens with one attached hydrogen (secondary N) is 2. The van der Waals surface area contributed by atoms with Crippen LogP contribution in [0.4, 0.5) is 0 Å². The first-order valence-corrected chi connectivity index (χ1v) is 13.0. The molecule has 4 aromatic carbocycles. The van der Waals surface area contributed by atoms with E-state index in [9.17, 15) is 0 Å². The molecule has 0 saturated heterocycles. The van der Waals surface area contributed by atoms with Crippen LogP contribution in [0.5, 0.6) is 0 Å². The summed E-state index contributed by atoms with van der Waals surface area (Å²) < 4.78 is 0. The van der Waals surface area contributed by atoms with Gasteiger partial charge in [0.05, 0.1) is 0 Å². The predicted molar refractivity (Wildman–Crippen MR) is 166 cm³/mol. The zero-order valence-electron chi connectivity index (χ0n) is 21.2. The summed E-state index contributed by atoms with van der Waals surface area (Å²) in [6.07, 6.45) is 0. The molecule has 2 aliphatic rings. The minimum atomic E-state index is 0. The average Bonchev–Trinajstić information content (AvgIpc) is 3.73. The molecule has 0 unspecified atom stereocenters. The second-order valence-electron chi connectivity index (χ2n) is 9.79. The van der Waals surface area contributed by atoms with Gasteiger partial charge in [0, 0.05) is 60.9 Å². The monoisotopic (exact) mass is 607 g/mol. The summed E-state index contributed by atoms with van der Waals surface area (Å²) in [4.78, 5) is 36.8. The van der Waals surface area contributed by atoms with E-state index in [0.717, 1.165) is 43.8 Å². The van der Waals surface area contributed by atoms with Crippen molar-refractivity contribution in [1.29, 1.82) is 0 Å². The maximum absolute atomic E-state index is 5.02. The number of nitrogens with zero attached hydrogens (tertiary/aromatic N) is 6. The summed E-state index contributed by atoms with van der Waals surface area (Å²) >= 11 is 0. The summed E-state index contributed by atoms with van der Waals surface area (Å²) in [5.41, 5.74) is 6.45. The van der Waals surface area contributed by atoms with E-state index in [1.165, 1.54) is 0 Å². The van der Waals surface area contributed by atoms with Crippen LogP contribution in [0.3, 0.4) is 0 Å². The molecule has 0 atom stereocenters. The van der Waals surface area contributed by atoms with Crippen LogP contribution in [0, 0.1) is 0 Å². The number of hydrogen-bond acceptors (Lipinski definition) is 6. The van der Waals surface area contributed by atoms with Crippen LogP contribution in [0.1, 0.15) is 0 Å². The molecule has 0 aliphatic carbocycles. The van der Waals surface area contributed by atoms with Crippen LogP contribution in [-0.4, -0.2) is 57.2 Å². The standard InChI is InChI=1S/C32H18N8.Al.Cu.3H/c1-2-10-18-17(9-1)25-33-26(18)38-28-21-13-5-6-14-22(21)30(35-28)40-32-24-16-8-7-15-23(24)31(36-32)39-29-20-12-4-3-11-19(20)27(34-29)37-25;;;;;/h1-16H,(H2,33,34,35,36,37,38,39,40);;;;;. The minimum Gasteiger partial charge on any atom is -0.324 e. The van der Waals surface area contributed by atoms with Crippen molar-refractivity contribution in [2.24, 2.45) is 0 Å². The molecule has 2 N–H and O–H groups in total. The van der Waals surface area contributed by atoms with Crippen molar-refractivity contribution in [3.8, 4) is 45.6 Å². The molecule has 0 fully saturated rings. The zero-order chi connectivity index (χ0) is 26.2. The smallest absolute Gasteiger partial charge is 0.187 e. The molecule has 203 valence electrons. The van der Waals surface area contributed by atoms with Crippen molar-refractivity contribution < 1.29 is 17.1 Å². The summed E-state index contributed by atoms with van der Waals surface area (Å²) in [7, 11) is 0. The van der Waals surface area contributed by atoms with Crippen LogP contribution >= 0.6 is 0 Å². The fraction of sp³-hybridized carbons (Fsp3) is 0. The molecule has 8 nitrogen and oxygen atoms in total. The number of rotatable bonds is 0. The minimum absolute atomic E-state index is 0. The van der Waals surface area contributed by atoms with Gasteiger partial charge in [-0.15, -0.1) is 0 Å². The molecule has 0 amide bonds.